The minimum atomic E-state index is -0.370. The van der Waals surface area contributed by atoms with Crippen LogP contribution < -0.4 is 5.73 Å². The number of nitro benzene ring substituents is 1. The standard InChI is InChI=1S/C12H15ClN2O2S/c13-10-3-2-9(11(6-10)15(16)17)7-12(8-14)4-1-5-18-12/h2-3,6H,1,4-5,7-8,14H2. The molecule has 1 aliphatic rings. The van der Waals surface area contributed by atoms with E-state index in [1.165, 1.54) is 6.07 Å². The maximum absolute atomic E-state index is 11.0. The van der Waals surface area contributed by atoms with Crippen molar-refractivity contribution < 1.29 is 4.92 Å². The van der Waals surface area contributed by atoms with Crippen molar-refractivity contribution in [2.45, 2.75) is 24.0 Å². The van der Waals surface area contributed by atoms with E-state index in [0.717, 1.165) is 24.2 Å². The van der Waals surface area contributed by atoms with Crippen LogP contribution in [0.25, 0.3) is 0 Å². The third-order valence-corrected chi connectivity index (χ3v) is 5.17. The maximum Gasteiger partial charge on any atom is 0.274 e. The molecule has 1 unspecified atom stereocenters. The second-order valence-corrected chi connectivity index (χ2v) is 6.55. The molecule has 2 N–H and O–H groups in total. The number of nitrogens with zero attached hydrogens (tertiary/aromatic N) is 1. The predicted molar refractivity (Wildman–Crippen MR) is 75.3 cm³/mol. The van der Waals surface area contributed by atoms with Crippen LogP contribution in [0.1, 0.15) is 18.4 Å². The molecule has 18 heavy (non-hydrogen) atoms. The summed E-state index contributed by atoms with van der Waals surface area (Å²) in [6.07, 6.45) is 2.79. The minimum Gasteiger partial charge on any atom is -0.329 e. The van der Waals surface area contributed by atoms with Crippen LogP contribution >= 0.6 is 23.4 Å². The number of benzene rings is 1. The predicted octanol–water partition coefficient (Wildman–Crippen LogP) is 3.02. The van der Waals surface area contributed by atoms with Crippen molar-refractivity contribution in [3.8, 4) is 0 Å². The molecule has 0 bridgehead atoms. The minimum absolute atomic E-state index is 0.0431. The number of rotatable bonds is 4. The number of nitro groups is 1. The molecule has 6 heteroatoms. The number of halogens is 1. The van der Waals surface area contributed by atoms with Crippen LogP contribution in [0.4, 0.5) is 5.69 Å². The fourth-order valence-electron chi connectivity index (χ4n) is 2.33. The molecule has 0 amide bonds. The van der Waals surface area contributed by atoms with Crippen molar-refractivity contribution >= 4 is 29.1 Å². The van der Waals surface area contributed by atoms with Crippen LogP contribution in [0.3, 0.4) is 0 Å². The van der Waals surface area contributed by atoms with Crippen LogP contribution in [0.15, 0.2) is 18.2 Å². The average molecular weight is 287 g/mol. The molecule has 1 aliphatic heterocycles. The Morgan fingerprint density at radius 3 is 2.89 bits per heavy atom. The SMILES string of the molecule is NCC1(Cc2ccc(Cl)cc2[N+](=O)[O-])CCCS1. The third-order valence-electron chi connectivity index (χ3n) is 3.31. The number of hydrogen-bond acceptors (Lipinski definition) is 4. The normalized spacial score (nSPS) is 23.2. The van der Waals surface area contributed by atoms with Gasteiger partial charge in [-0.3, -0.25) is 10.1 Å². The Bertz CT molecular complexity index is 461. The lowest BCUT2D eigenvalue weighted by molar-refractivity contribution is -0.385. The molecule has 1 aromatic rings. The van der Waals surface area contributed by atoms with Gasteiger partial charge in [-0.1, -0.05) is 17.7 Å². The van der Waals surface area contributed by atoms with Gasteiger partial charge in [-0.15, -0.1) is 0 Å². The summed E-state index contributed by atoms with van der Waals surface area (Å²) in [5.41, 5.74) is 6.68. The van der Waals surface area contributed by atoms with Gasteiger partial charge in [-0.2, -0.15) is 11.8 Å². The van der Waals surface area contributed by atoms with E-state index in [9.17, 15) is 10.1 Å². The molecule has 98 valence electrons. The summed E-state index contributed by atoms with van der Waals surface area (Å²) in [5, 5.41) is 11.4. The van der Waals surface area contributed by atoms with Crippen molar-refractivity contribution in [2.24, 2.45) is 5.73 Å². The smallest absolute Gasteiger partial charge is 0.274 e. The van der Waals surface area contributed by atoms with Gasteiger partial charge in [0.25, 0.3) is 5.69 Å². The van der Waals surface area contributed by atoms with E-state index in [-0.39, 0.29) is 15.4 Å². The summed E-state index contributed by atoms with van der Waals surface area (Å²) >= 11 is 7.64. The number of thioether (sulfide) groups is 1. The van der Waals surface area contributed by atoms with Crippen LogP contribution in [-0.4, -0.2) is 22.0 Å². The molecule has 1 atom stereocenters. The summed E-state index contributed by atoms with van der Waals surface area (Å²) in [5.74, 6) is 1.08. The topological polar surface area (TPSA) is 69.2 Å². The summed E-state index contributed by atoms with van der Waals surface area (Å²) < 4.78 is -0.0431. The molecule has 0 radical (unpaired) electrons. The molecule has 0 aromatic heterocycles. The molecule has 4 nitrogen and oxygen atoms in total. The Morgan fingerprint density at radius 2 is 2.33 bits per heavy atom. The molecular formula is C12H15ClN2O2S. The second-order valence-electron chi connectivity index (χ2n) is 4.55. The first-order chi connectivity index (χ1) is 8.56. The summed E-state index contributed by atoms with van der Waals surface area (Å²) in [7, 11) is 0. The highest BCUT2D eigenvalue weighted by Crippen LogP contribution is 2.41. The van der Waals surface area contributed by atoms with E-state index >= 15 is 0 Å². The van der Waals surface area contributed by atoms with Crippen LogP contribution in [0.5, 0.6) is 0 Å². The number of hydrogen-bond donors (Lipinski definition) is 1. The lowest BCUT2D eigenvalue weighted by Crippen LogP contribution is -2.34. The third kappa shape index (κ3) is 2.79. The summed E-state index contributed by atoms with van der Waals surface area (Å²) in [6, 6.07) is 4.87. The van der Waals surface area contributed by atoms with Gasteiger partial charge in [-0.05, 0) is 31.1 Å². The van der Waals surface area contributed by atoms with Crippen molar-refractivity contribution in [3.05, 3.63) is 38.9 Å². The average Bonchev–Trinajstić information content (AvgIpc) is 2.80. The highest BCUT2D eigenvalue weighted by Gasteiger charge is 2.35. The van der Waals surface area contributed by atoms with E-state index in [4.69, 9.17) is 17.3 Å². The Balaban J connectivity index is 2.30. The zero-order valence-corrected chi connectivity index (χ0v) is 11.5. The first-order valence-corrected chi connectivity index (χ1v) is 7.19. The van der Waals surface area contributed by atoms with E-state index < -0.39 is 0 Å². The zero-order valence-electron chi connectivity index (χ0n) is 9.89. The largest absolute Gasteiger partial charge is 0.329 e. The highest BCUT2D eigenvalue weighted by atomic mass is 35.5. The number of nitrogens with two attached hydrogens (primary N) is 1. The van der Waals surface area contributed by atoms with E-state index in [1.807, 2.05) is 11.8 Å². The summed E-state index contributed by atoms with van der Waals surface area (Å²) in [4.78, 5) is 10.7. The van der Waals surface area contributed by atoms with Crippen LogP contribution in [-0.2, 0) is 6.42 Å². The molecule has 1 saturated heterocycles. The van der Waals surface area contributed by atoms with E-state index in [1.54, 1.807) is 12.1 Å². The Kier molecular flexibility index (Phi) is 4.14. The van der Waals surface area contributed by atoms with Crippen molar-refractivity contribution in [1.29, 1.82) is 0 Å². The lowest BCUT2D eigenvalue weighted by atomic mass is 9.93. The van der Waals surface area contributed by atoms with Crippen molar-refractivity contribution in [3.63, 3.8) is 0 Å². The van der Waals surface area contributed by atoms with Gasteiger partial charge in [0.1, 0.15) is 0 Å². The van der Waals surface area contributed by atoms with Gasteiger partial charge in [0.05, 0.1) is 4.92 Å². The fraction of sp³-hybridized carbons (Fsp3) is 0.500. The maximum atomic E-state index is 11.0. The molecule has 2 rings (SSSR count). The second kappa shape index (κ2) is 5.47. The lowest BCUT2D eigenvalue weighted by Gasteiger charge is -2.26. The van der Waals surface area contributed by atoms with Gasteiger partial charge >= 0.3 is 0 Å². The molecule has 0 spiro atoms. The van der Waals surface area contributed by atoms with Gasteiger partial charge in [0.15, 0.2) is 0 Å². The van der Waals surface area contributed by atoms with Gasteiger partial charge in [-0.25, -0.2) is 0 Å². The first-order valence-electron chi connectivity index (χ1n) is 5.83. The van der Waals surface area contributed by atoms with Crippen molar-refractivity contribution in [2.75, 3.05) is 12.3 Å². The molecule has 0 aliphatic carbocycles. The molecule has 1 fully saturated rings. The van der Waals surface area contributed by atoms with Crippen LogP contribution in [0.2, 0.25) is 5.02 Å². The van der Waals surface area contributed by atoms with Crippen LogP contribution in [0, 0.1) is 10.1 Å². The highest BCUT2D eigenvalue weighted by molar-refractivity contribution is 8.00. The monoisotopic (exact) mass is 286 g/mol. The Labute approximate surface area is 115 Å². The summed E-state index contributed by atoms with van der Waals surface area (Å²) in [6.45, 7) is 0.553. The zero-order chi connectivity index (χ0) is 13.2. The Morgan fingerprint density at radius 1 is 1.56 bits per heavy atom. The fourth-order valence-corrected chi connectivity index (χ4v) is 3.88. The molecular weight excluding hydrogens is 272 g/mol. The quantitative estimate of drug-likeness (QED) is 0.682. The van der Waals surface area contributed by atoms with Crippen molar-refractivity contribution in [1.82, 2.24) is 0 Å². The van der Waals surface area contributed by atoms with Gasteiger partial charge in [0, 0.05) is 27.9 Å². The van der Waals surface area contributed by atoms with E-state index in [2.05, 4.69) is 0 Å². The van der Waals surface area contributed by atoms with Gasteiger partial charge < -0.3 is 5.73 Å². The molecule has 0 saturated carbocycles. The van der Waals surface area contributed by atoms with E-state index in [0.29, 0.717) is 18.0 Å². The Hall–Kier alpha value is -0.780. The molecule has 1 heterocycles. The van der Waals surface area contributed by atoms with Gasteiger partial charge in [0.2, 0.25) is 0 Å². The molecule has 1 aromatic carbocycles. The first kappa shape index (κ1) is 13.6.